The number of nitrogens with zero attached hydrogens (tertiary/aromatic N) is 4. The van der Waals surface area contributed by atoms with Crippen LogP contribution >= 0.6 is 11.3 Å². The molecule has 0 spiro atoms. The van der Waals surface area contributed by atoms with E-state index in [0.29, 0.717) is 12.0 Å². The van der Waals surface area contributed by atoms with E-state index in [1.165, 1.54) is 12.8 Å². The molecule has 2 aromatic rings. The molecule has 1 amide bonds. The van der Waals surface area contributed by atoms with E-state index < -0.39 is 0 Å². The van der Waals surface area contributed by atoms with Gasteiger partial charge < -0.3 is 19.4 Å². The number of thiophene rings is 1. The zero-order valence-corrected chi connectivity index (χ0v) is 19.7. The van der Waals surface area contributed by atoms with E-state index in [1.807, 2.05) is 36.5 Å². The molecular formula is C24H34N4O2S. The molecule has 4 heterocycles. The first-order chi connectivity index (χ1) is 15.0. The lowest BCUT2D eigenvalue weighted by Crippen LogP contribution is -2.42. The molecule has 4 rings (SSSR count). The Morgan fingerprint density at radius 1 is 1.19 bits per heavy atom. The summed E-state index contributed by atoms with van der Waals surface area (Å²) in [4.78, 5) is 25.1. The molecule has 2 saturated heterocycles. The normalized spacial score (nSPS) is 18.5. The second-order valence-corrected chi connectivity index (χ2v) is 9.95. The summed E-state index contributed by atoms with van der Waals surface area (Å²) in [6, 6.07) is 6.72. The number of anilines is 1. The fourth-order valence-electron chi connectivity index (χ4n) is 4.54. The fourth-order valence-corrected chi connectivity index (χ4v) is 5.76. The predicted octanol–water partition coefficient (Wildman–Crippen LogP) is 3.84. The van der Waals surface area contributed by atoms with Crippen LogP contribution in [-0.2, 0) is 4.74 Å². The Morgan fingerprint density at radius 3 is 2.52 bits per heavy atom. The summed E-state index contributed by atoms with van der Waals surface area (Å²) in [5.74, 6) is 0.716. The van der Waals surface area contributed by atoms with Crippen molar-refractivity contribution in [3.05, 3.63) is 35.5 Å². The monoisotopic (exact) mass is 442 g/mol. The van der Waals surface area contributed by atoms with Crippen molar-refractivity contribution in [2.45, 2.75) is 32.7 Å². The van der Waals surface area contributed by atoms with Gasteiger partial charge in [-0.05, 0) is 69.5 Å². The number of amides is 1. The number of carbonyl (C=O) groups is 1. The summed E-state index contributed by atoms with van der Waals surface area (Å²) >= 11 is 1.61. The van der Waals surface area contributed by atoms with Crippen molar-refractivity contribution in [3.8, 4) is 11.1 Å². The maximum Gasteiger partial charge on any atom is 0.263 e. The molecule has 0 atom stereocenters. The minimum atomic E-state index is 0.131. The summed E-state index contributed by atoms with van der Waals surface area (Å²) in [6.45, 7) is 10.8. The molecule has 7 heteroatoms. The smallest absolute Gasteiger partial charge is 0.263 e. The fraction of sp³-hybridized carbons (Fsp3) is 0.583. The zero-order chi connectivity index (χ0) is 21.8. The van der Waals surface area contributed by atoms with Crippen LogP contribution in [0.4, 0.5) is 5.00 Å². The predicted molar refractivity (Wildman–Crippen MR) is 127 cm³/mol. The number of hydrogen-bond donors (Lipinski definition) is 0. The van der Waals surface area contributed by atoms with Crippen LogP contribution in [0, 0.1) is 5.92 Å². The molecule has 2 aliphatic heterocycles. The molecule has 2 aliphatic rings. The van der Waals surface area contributed by atoms with Gasteiger partial charge in [-0.2, -0.15) is 0 Å². The lowest BCUT2D eigenvalue weighted by Gasteiger charge is -2.36. The van der Waals surface area contributed by atoms with E-state index in [1.54, 1.807) is 11.3 Å². The molecule has 0 aliphatic carbocycles. The highest BCUT2D eigenvalue weighted by atomic mass is 32.1. The van der Waals surface area contributed by atoms with Gasteiger partial charge in [0.25, 0.3) is 5.91 Å². The molecular weight excluding hydrogens is 408 g/mol. The number of aromatic nitrogens is 1. The molecule has 31 heavy (non-hydrogen) atoms. The third-order valence-corrected chi connectivity index (χ3v) is 7.65. The lowest BCUT2D eigenvalue weighted by molar-refractivity contribution is 0.0731. The molecule has 0 N–H and O–H groups in total. The Labute approximate surface area is 189 Å². The first-order valence-corrected chi connectivity index (χ1v) is 12.2. The van der Waals surface area contributed by atoms with Crippen LogP contribution in [0.2, 0.25) is 0 Å². The van der Waals surface area contributed by atoms with Gasteiger partial charge in [0.05, 0.1) is 23.1 Å². The van der Waals surface area contributed by atoms with Crippen LogP contribution in [0.25, 0.3) is 11.1 Å². The summed E-state index contributed by atoms with van der Waals surface area (Å²) in [7, 11) is 1.96. The first kappa shape index (κ1) is 22.2. The maximum absolute atomic E-state index is 13.3. The Bertz CT molecular complexity index is 856. The van der Waals surface area contributed by atoms with Crippen LogP contribution < -0.4 is 4.90 Å². The third-order valence-electron chi connectivity index (χ3n) is 6.47. The molecule has 168 valence electrons. The van der Waals surface area contributed by atoms with Crippen LogP contribution in [0.1, 0.15) is 36.4 Å². The maximum atomic E-state index is 13.3. The standard InChI is InChI=1S/C24H34N4O2S/c1-18(2)27-10-6-19(7-11-27)17-26(3)23(29)22-16-21(20-4-8-25-9-5-20)24(31-22)28-12-14-30-15-13-28/h4-5,8-9,16,18-19H,6-7,10-15,17H2,1-3H3. The Kier molecular flexibility index (Phi) is 7.25. The third kappa shape index (κ3) is 5.27. The van der Waals surface area contributed by atoms with Gasteiger partial charge in [0, 0.05) is 50.7 Å². The Morgan fingerprint density at radius 2 is 1.87 bits per heavy atom. The number of rotatable bonds is 6. The topological polar surface area (TPSA) is 48.9 Å². The summed E-state index contributed by atoms with van der Waals surface area (Å²) < 4.78 is 5.54. The highest BCUT2D eigenvalue weighted by molar-refractivity contribution is 7.18. The van der Waals surface area contributed by atoms with Gasteiger partial charge in [-0.3, -0.25) is 9.78 Å². The van der Waals surface area contributed by atoms with Gasteiger partial charge in [0.2, 0.25) is 0 Å². The Balaban J connectivity index is 1.49. The van der Waals surface area contributed by atoms with Crippen LogP contribution in [0.5, 0.6) is 0 Å². The number of hydrogen-bond acceptors (Lipinski definition) is 6. The zero-order valence-electron chi connectivity index (χ0n) is 18.9. The number of piperidine rings is 1. The van der Waals surface area contributed by atoms with Crippen LogP contribution in [-0.4, -0.2) is 79.7 Å². The van der Waals surface area contributed by atoms with E-state index in [2.05, 4.69) is 34.7 Å². The van der Waals surface area contributed by atoms with Gasteiger partial charge in [-0.15, -0.1) is 11.3 Å². The van der Waals surface area contributed by atoms with Crippen LogP contribution in [0.3, 0.4) is 0 Å². The van der Waals surface area contributed by atoms with Crippen molar-refractivity contribution in [2.75, 3.05) is 57.9 Å². The van der Waals surface area contributed by atoms with Crippen molar-refractivity contribution in [3.63, 3.8) is 0 Å². The molecule has 2 aromatic heterocycles. The minimum absolute atomic E-state index is 0.131. The van der Waals surface area contributed by atoms with E-state index in [-0.39, 0.29) is 5.91 Å². The highest BCUT2D eigenvalue weighted by Crippen LogP contribution is 2.39. The number of carbonyl (C=O) groups excluding carboxylic acids is 1. The van der Waals surface area contributed by atoms with Gasteiger partial charge in [0.15, 0.2) is 0 Å². The van der Waals surface area contributed by atoms with Crippen LogP contribution in [0.15, 0.2) is 30.6 Å². The second kappa shape index (κ2) is 10.1. The molecule has 6 nitrogen and oxygen atoms in total. The highest BCUT2D eigenvalue weighted by Gasteiger charge is 2.26. The molecule has 0 saturated carbocycles. The quantitative estimate of drug-likeness (QED) is 0.680. The lowest BCUT2D eigenvalue weighted by atomic mass is 9.95. The van der Waals surface area contributed by atoms with Crippen molar-refractivity contribution in [1.29, 1.82) is 0 Å². The molecule has 0 radical (unpaired) electrons. The first-order valence-electron chi connectivity index (χ1n) is 11.4. The van der Waals surface area contributed by atoms with Gasteiger partial charge in [-0.25, -0.2) is 0 Å². The van der Waals surface area contributed by atoms with E-state index >= 15 is 0 Å². The minimum Gasteiger partial charge on any atom is -0.378 e. The number of ether oxygens (including phenoxy) is 1. The molecule has 2 fully saturated rings. The van der Waals surface area contributed by atoms with E-state index in [4.69, 9.17) is 4.74 Å². The van der Waals surface area contributed by atoms with E-state index in [9.17, 15) is 4.79 Å². The Hall–Kier alpha value is -1.96. The average Bonchev–Trinajstić information content (AvgIpc) is 3.25. The van der Waals surface area contributed by atoms with E-state index in [0.717, 1.165) is 66.9 Å². The summed E-state index contributed by atoms with van der Waals surface area (Å²) in [5.41, 5.74) is 2.23. The second-order valence-electron chi connectivity index (χ2n) is 8.92. The van der Waals surface area contributed by atoms with Crippen molar-refractivity contribution in [1.82, 2.24) is 14.8 Å². The number of morpholine rings is 1. The van der Waals surface area contributed by atoms with Gasteiger partial charge in [-0.1, -0.05) is 0 Å². The van der Waals surface area contributed by atoms with Crippen molar-refractivity contribution in [2.24, 2.45) is 5.92 Å². The molecule has 0 unspecified atom stereocenters. The van der Waals surface area contributed by atoms with Gasteiger partial charge >= 0.3 is 0 Å². The van der Waals surface area contributed by atoms with Crippen molar-refractivity contribution >= 4 is 22.2 Å². The van der Waals surface area contributed by atoms with Crippen molar-refractivity contribution < 1.29 is 9.53 Å². The number of pyridine rings is 1. The summed E-state index contributed by atoms with van der Waals surface area (Å²) in [5, 5.41) is 1.16. The average molecular weight is 443 g/mol. The largest absolute Gasteiger partial charge is 0.378 e. The molecule has 0 bridgehead atoms. The molecule has 0 aromatic carbocycles. The summed E-state index contributed by atoms with van der Waals surface area (Å²) in [6.07, 6.45) is 5.96. The SMILES string of the molecule is CC(C)N1CCC(CN(C)C(=O)c2cc(-c3ccncc3)c(N3CCOCC3)s2)CC1. The van der Waals surface area contributed by atoms with Gasteiger partial charge in [0.1, 0.15) is 0 Å². The number of likely N-dealkylation sites (tertiary alicyclic amines) is 1.